The van der Waals surface area contributed by atoms with E-state index in [2.05, 4.69) is 5.09 Å². The Bertz CT molecular complexity index is 370. The standard InChI is InChI=1S/C13H22NO3P/c1-2-11-18(16,14-9-6-10-15)12-17-13-7-4-3-5-8-13/h3-5,7-8,15H,2,6,9-12H2,1H3,(H,14,16). The summed E-state index contributed by atoms with van der Waals surface area (Å²) in [7, 11) is -2.50. The molecule has 1 rings (SSSR count). The van der Waals surface area contributed by atoms with Crippen molar-refractivity contribution in [2.24, 2.45) is 0 Å². The number of hydrogen-bond acceptors (Lipinski definition) is 3. The minimum atomic E-state index is -2.50. The van der Waals surface area contributed by atoms with Crippen LogP contribution in [-0.4, -0.2) is 30.8 Å². The summed E-state index contributed by atoms with van der Waals surface area (Å²) in [6.07, 6.45) is 2.28. The molecule has 0 aromatic heterocycles. The fourth-order valence-electron chi connectivity index (χ4n) is 1.61. The SMILES string of the molecule is CCCP(=O)(COc1ccccc1)NCCCO. The Labute approximate surface area is 109 Å². The Kier molecular flexibility index (Phi) is 7.02. The fraction of sp³-hybridized carbons (Fsp3) is 0.538. The molecule has 0 heterocycles. The lowest BCUT2D eigenvalue weighted by atomic mass is 10.3. The van der Waals surface area contributed by atoms with E-state index in [1.807, 2.05) is 37.3 Å². The Morgan fingerprint density at radius 3 is 2.67 bits per heavy atom. The van der Waals surface area contributed by atoms with Crippen molar-refractivity contribution in [1.82, 2.24) is 5.09 Å². The molecule has 1 atom stereocenters. The molecule has 1 aromatic carbocycles. The number of aliphatic hydroxyl groups is 1. The zero-order chi connectivity index (χ0) is 13.3. The maximum Gasteiger partial charge on any atom is 0.183 e. The molecule has 5 heteroatoms. The number of ether oxygens (including phenoxy) is 1. The lowest BCUT2D eigenvalue weighted by molar-refractivity contribution is 0.289. The zero-order valence-corrected chi connectivity index (χ0v) is 11.7. The van der Waals surface area contributed by atoms with E-state index in [4.69, 9.17) is 9.84 Å². The van der Waals surface area contributed by atoms with Crippen molar-refractivity contribution in [2.75, 3.05) is 25.7 Å². The van der Waals surface area contributed by atoms with E-state index in [1.54, 1.807) is 0 Å². The second kappa shape index (κ2) is 8.30. The number of rotatable bonds is 9. The highest BCUT2D eigenvalue weighted by atomic mass is 31.2. The zero-order valence-electron chi connectivity index (χ0n) is 10.8. The molecule has 0 fully saturated rings. The van der Waals surface area contributed by atoms with Crippen LogP contribution in [0.15, 0.2) is 30.3 Å². The first-order chi connectivity index (χ1) is 8.70. The summed E-state index contributed by atoms with van der Waals surface area (Å²) in [5, 5.41) is 11.8. The molecule has 0 bridgehead atoms. The average molecular weight is 271 g/mol. The largest absolute Gasteiger partial charge is 0.485 e. The summed E-state index contributed by atoms with van der Waals surface area (Å²) in [6.45, 7) is 2.67. The highest BCUT2D eigenvalue weighted by Crippen LogP contribution is 2.41. The summed E-state index contributed by atoms with van der Waals surface area (Å²) < 4.78 is 18.1. The van der Waals surface area contributed by atoms with Crippen LogP contribution in [-0.2, 0) is 4.57 Å². The van der Waals surface area contributed by atoms with E-state index < -0.39 is 7.29 Å². The second-order valence-corrected chi connectivity index (χ2v) is 6.98. The fourth-order valence-corrected chi connectivity index (χ4v) is 3.63. The molecule has 0 saturated carbocycles. The number of aliphatic hydroxyl groups excluding tert-OH is 1. The normalized spacial score (nSPS) is 14.1. The van der Waals surface area contributed by atoms with Gasteiger partial charge in [-0.15, -0.1) is 0 Å². The van der Waals surface area contributed by atoms with Crippen LogP contribution in [0.5, 0.6) is 5.75 Å². The first kappa shape index (κ1) is 15.2. The third-order valence-electron chi connectivity index (χ3n) is 2.50. The van der Waals surface area contributed by atoms with Crippen LogP contribution in [0.1, 0.15) is 19.8 Å². The molecule has 102 valence electrons. The molecular weight excluding hydrogens is 249 g/mol. The Morgan fingerprint density at radius 2 is 2.06 bits per heavy atom. The van der Waals surface area contributed by atoms with Crippen LogP contribution in [0.25, 0.3) is 0 Å². The van der Waals surface area contributed by atoms with Gasteiger partial charge >= 0.3 is 0 Å². The van der Waals surface area contributed by atoms with Gasteiger partial charge in [0.2, 0.25) is 0 Å². The number of para-hydroxylation sites is 1. The van der Waals surface area contributed by atoms with Gasteiger partial charge in [0.05, 0.1) is 0 Å². The summed E-state index contributed by atoms with van der Waals surface area (Å²) in [5.74, 6) is 0.734. The summed E-state index contributed by atoms with van der Waals surface area (Å²) in [6, 6.07) is 9.39. The molecule has 0 saturated heterocycles. The van der Waals surface area contributed by atoms with Crippen LogP contribution < -0.4 is 9.82 Å². The van der Waals surface area contributed by atoms with Crippen LogP contribution >= 0.6 is 7.29 Å². The van der Waals surface area contributed by atoms with Gasteiger partial charge in [0, 0.05) is 19.3 Å². The van der Waals surface area contributed by atoms with Gasteiger partial charge in [-0.1, -0.05) is 25.1 Å². The van der Waals surface area contributed by atoms with E-state index in [9.17, 15) is 4.57 Å². The summed E-state index contributed by atoms with van der Waals surface area (Å²) in [5.41, 5.74) is 0. The van der Waals surface area contributed by atoms with Crippen molar-refractivity contribution in [3.8, 4) is 5.75 Å². The molecular formula is C13H22NO3P. The molecule has 1 aromatic rings. The molecule has 0 aliphatic rings. The molecule has 18 heavy (non-hydrogen) atoms. The third-order valence-corrected chi connectivity index (χ3v) is 5.02. The van der Waals surface area contributed by atoms with Crippen LogP contribution in [0.3, 0.4) is 0 Å². The van der Waals surface area contributed by atoms with Crippen LogP contribution in [0.4, 0.5) is 0 Å². The second-order valence-electron chi connectivity index (χ2n) is 4.18. The molecule has 0 radical (unpaired) electrons. The van der Waals surface area contributed by atoms with Crippen molar-refractivity contribution >= 4 is 7.29 Å². The van der Waals surface area contributed by atoms with E-state index in [-0.39, 0.29) is 13.0 Å². The van der Waals surface area contributed by atoms with E-state index in [0.717, 1.165) is 12.2 Å². The quantitative estimate of drug-likeness (QED) is 0.535. The van der Waals surface area contributed by atoms with Gasteiger partial charge in [-0.05, 0) is 25.0 Å². The van der Waals surface area contributed by atoms with Gasteiger partial charge in [-0.3, -0.25) is 5.09 Å². The lowest BCUT2D eigenvalue weighted by Gasteiger charge is -2.19. The highest BCUT2D eigenvalue weighted by Gasteiger charge is 2.21. The predicted octanol–water partition coefficient (Wildman–Crippen LogP) is 2.68. The van der Waals surface area contributed by atoms with Crippen molar-refractivity contribution in [1.29, 1.82) is 0 Å². The lowest BCUT2D eigenvalue weighted by Crippen LogP contribution is -2.19. The van der Waals surface area contributed by atoms with Crippen molar-refractivity contribution in [2.45, 2.75) is 19.8 Å². The highest BCUT2D eigenvalue weighted by molar-refractivity contribution is 7.61. The summed E-state index contributed by atoms with van der Waals surface area (Å²) >= 11 is 0. The number of benzene rings is 1. The Hall–Kier alpha value is -0.830. The minimum absolute atomic E-state index is 0.110. The van der Waals surface area contributed by atoms with Crippen molar-refractivity contribution in [3.63, 3.8) is 0 Å². The topological polar surface area (TPSA) is 58.6 Å². The maximum atomic E-state index is 12.5. The molecule has 4 nitrogen and oxygen atoms in total. The monoisotopic (exact) mass is 271 g/mol. The molecule has 0 aliphatic carbocycles. The molecule has 2 N–H and O–H groups in total. The van der Waals surface area contributed by atoms with Gasteiger partial charge in [-0.25, -0.2) is 0 Å². The van der Waals surface area contributed by atoms with Gasteiger partial charge < -0.3 is 14.4 Å². The number of nitrogens with one attached hydrogen (secondary N) is 1. The van der Waals surface area contributed by atoms with E-state index in [1.165, 1.54) is 0 Å². The first-order valence-electron chi connectivity index (χ1n) is 6.32. The molecule has 0 amide bonds. The number of hydrogen-bond donors (Lipinski definition) is 2. The van der Waals surface area contributed by atoms with Crippen LogP contribution in [0.2, 0.25) is 0 Å². The molecule has 0 aliphatic heterocycles. The minimum Gasteiger partial charge on any atom is -0.485 e. The molecule has 0 spiro atoms. The summed E-state index contributed by atoms with van der Waals surface area (Å²) in [4.78, 5) is 0. The van der Waals surface area contributed by atoms with Gasteiger partial charge in [0.25, 0.3) is 0 Å². The maximum absolute atomic E-state index is 12.5. The van der Waals surface area contributed by atoms with Gasteiger partial charge in [0.1, 0.15) is 5.75 Å². The molecule has 1 unspecified atom stereocenters. The Morgan fingerprint density at radius 1 is 1.33 bits per heavy atom. The van der Waals surface area contributed by atoms with Gasteiger partial charge in [-0.2, -0.15) is 0 Å². The van der Waals surface area contributed by atoms with E-state index >= 15 is 0 Å². The van der Waals surface area contributed by atoms with Gasteiger partial charge in [0.15, 0.2) is 13.6 Å². The third kappa shape index (κ3) is 5.67. The van der Waals surface area contributed by atoms with Crippen molar-refractivity contribution in [3.05, 3.63) is 30.3 Å². The first-order valence-corrected chi connectivity index (χ1v) is 8.40. The smallest absolute Gasteiger partial charge is 0.183 e. The predicted molar refractivity (Wildman–Crippen MR) is 74.4 cm³/mol. The average Bonchev–Trinajstić information content (AvgIpc) is 2.39. The van der Waals surface area contributed by atoms with Crippen molar-refractivity contribution < 1.29 is 14.4 Å². The Balaban J connectivity index is 2.48. The van der Waals surface area contributed by atoms with Crippen LogP contribution in [0, 0.1) is 0 Å². The van der Waals surface area contributed by atoms with E-state index in [0.29, 0.717) is 19.1 Å².